The van der Waals surface area contributed by atoms with Gasteiger partial charge in [-0.2, -0.15) is 0 Å². The number of rotatable bonds is 10. The summed E-state index contributed by atoms with van der Waals surface area (Å²) in [4.78, 5) is 27.3. The number of hydrogen-bond donors (Lipinski definition) is 1. The van der Waals surface area contributed by atoms with Crippen LogP contribution in [0.5, 0.6) is 5.75 Å². The van der Waals surface area contributed by atoms with E-state index in [1.165, 1.54) is 4.90 Å². The lowest BCUT2D eigenvalue weighted by atomic mass is 10.1. The maximum Gasteiger partial charge on any atom is 0.261 e. The van der Waals surface area contributed by atoms with Gasteiger partial charge in [0.05, 0.1) is 15.1 Å². The lowest BCUT2D eigenvalue weighted by molar-refractivity contribution is -0.143. The summed E-state index contributed by atoms with van der Waals surface area (Å²) in [6, 6.07) is 11.4. The van der Waals surface area contributed by atoms with Crippen molar-refractivity contribution in [2.45, 2.75) is 39.3 Å². The van der Waals surface area contributed by atoms with Crippen molar-refractivity contribution in [2.75, 3.05) is 13.2 Å². The van der Waals surface area contributed by atoms with Crippen molar-refractivity contribution in [1.29, 1.82) is 0 Å². The van der Waals surface area contributed by atoms with Crippen molar-refractivity contribution in [3.8, 4) is 5.75 Å². The van der Waals surface area contributed by atoms with E-state index in [0.29, 0.717) is 33.8 Å². The zero-order valence-corrected chi connectivity index (χ0v) is 19.2. The number of carbonyl (C=O) groups excluding carboxylic acids is 2. The third-order valence-electron chi connectivity index (χ3n) is 4.46. The van der Waals surface area contributed by atoms with Crippen LogP contribution in [-0.2, 0) is 16.1 Å². The number of para-hydroxylation sites is 1. The Bertz CT molecular complexity index is 876. The topological polar surface area (TPSA) is 58.6 Å². The monoisotopic (exact) mass is 470 g/mol. The number of benzene rings is 2. The quantitative estimate of drug-likeness (QED) is 0.507. The van der Waals surface area contributed by atoms with E-state index < -0.39 is 6.04 Å². The smallest absolute Gasteiger partial charge is 0.261 e. The van der Waals surface area contributed by atoms with Gasteiger partial charge in [0.15, 0.2) is 6.61 Å². The number of halogens is 3. The Hall–Kier alpha value is -1.95. The summed E-state index contributed by atoms with van der Waals surface area (Å²) in [6.45, 7) is 4.32. The number of ether oxygens (including phenoxy) is 1. The average molecular weight is 472 g/mol. The van der Waals surface area contributed by atoms with Crippen LogP contribution in [0.1, 0.15) is 32.3 Å². The van der Waals surface area contributed by atoms with Gasteiger partial charge in [-0.1, -0.05) is 66.8 Å². The molecule has 0 aliphatic heterocycles. The standard InChI is InChI=1S/C22H25Cl3N2O3/c1-3-11-26-22(29)19(4-2)27(13-15-9-10-16(23)18(25)12-15)21(28)14-30-20-8-6-5-7-17(20)24/h5-10,12,19H,3-4,11,13-14H2,1-2H3,(H,26,29)/t19-/m1/s1. The Labute approximate surface area is 192 Å². The Balaban J connectivity index is 2.23. The molecule has 0 unspecified atom stereocenters. The maximum absolute atomic E-state index is 13.1. The first kappa shape index (κ1) is 24.3. The summed E-state index contributed by atoms with van der Waals surface area (Å²) in [6.07, 6.45) is 1.26. The first-order chi connectivity index (χ1) is 14.4. The molecule has 0 fully saturated rings. The van der Waals surface area contributed by atoms with Crippen LogP contribution in [0.25, 0.3) is 0 Å². The Morgan fingerprint density at radius 1 is 1.03 bits per heavy atom. The molecule has 162 valence electrons. The second-order valence-corrected chi connectivity index (χ2v) is 7.93. The number of nitrogens with zero attached hydrogens (tertiary/aromatic N) is 1. The van der Waals surface area contributed by atoms with Gasteiger partial charge < -0.3 is 15.0 Å². The fraction of sp³-hybridized carbons (Fsp3) is 0.364. The highest BCUT2D eigenvalue weighted by Gasteiger charge is 2.29. The van der Waals surface area contributed by atoms with Gasteiger partial charge in [-0.3, -0.25) is 9.59 Å². The van der Waals surface area contributed by atoms with E-state index >= 15 is 0 Å². The van der Waals surface area contributed by atoms with Gasteiger partial charge in [0.25, 0.3) is 5.91 Å². The lowest BCUT2D eigenvalue weighted by Gasteiger charge is -2.30. The number of hydrogen-bond acceptors (Lipinski definition) is 3. The minimum absolute atomic E-state index is 0.194. The van der Waals surface area contributed by atoms with Crippen LogP contribution in [-0.4, -0.2) is 35.9 Å². The second kappa shape index (κ2) is 12.0. The minimum Gasteiger partial charge on any atom is -0.482 e. The van der Waals surface area contributed by atoms with Crippen molar-refractivity contribution in [2.24, 2.45) is 0 Å². The average Bonchev–Trinajstić information content (AvgIpc) is 2.73. The largest absolute Gasteiger partial charge is 0.482 e. The number of nitrogens with one attached hydrogen (secondary N) is 1. The molecule has 0 saturated carbocycles. The van der Waals surface area contributed by atoms with Crippen LogP contribution in [0, 0.1) is 0 Å². The fourth-order valence-electron chi connectivity index (χ4n) is 2.90. The van der Waals surface area contributed by atoms with E-state index in [2.05, 4.69) is 5.32 Å². The van der Waals surface area contributed by atoms with Crippen LogP contribution in [0.2, 0.25) is 15.1 Å². The predicted octanol–water partition coefficient (Wildman–Crippen LogP) is 5.36. The Morgan fingerprint density at radius 3 is 2.40 bits per heavy atom. The van der Waals surface area contributed by atoms with Crippen molar-refractivity contribution in [3.63, 3.8) is 0 Å². The Morgan fingerprint density at radius 2 is 1.77 bits per heavy atom. The molecule has 2 amide bonds. The van der Waals surface area contributed by atoms with Gasteiger partial charge in [-0.05, 0) is 42.7 Å². The van der Waals surface area contributed by atoms with Crippen molar-refractivity contribution >= 4 is 46.6 Å². The molecular weight excluding hydrogens is 447 g/mol. The summed E-state index contributed by atoms with van der Waals surface area (Å²) in [5, 5.41) is 4.09. The molecule has 8 heteroatoms. The first-order valence-corrected chi connectivity index (χ1v) is 10.9. The molecule has 0 aliphatic rings. The van der Waals surface area contributed by atoms with Crippen molar-refractivity contribution in [3.05, 3.63) is 63.1 Å². The molecule has 1 N–H and O–H groups in total. The minimum atomic E-state index is -0.645. The molecule has 0 saturated heterocycles. The third-order valence-corrected chi connectivity index (χ3v) is 5.51. The highest BCUT2D eigenvalue weighted by atomic mass is 35.5. The molecule has 2 aromatic rings. The van der Waals surface area contributed by atoms with E-state index in [4.69, 9.17) is 39.5 Å². The van der Waals surface area contributed by atoms with Crippen molar-refractivity contribution < 1.29 is 14.3 Å². The third kappa shape index (κ3) is 6.79. The van der Waals surface area contributed by atoms with Crippen LogP contribution >= 0.6 is 34.8 Å². The van der Waals surface area contributed by atoms with E-state index in [1.54, 1.807) is 42.5 Å². The molecule has 0 aromatic heterocycles. The van der Waals surface area contributed by atoms with E-state index in [1.807, 2.05) is 13.8 Å². The molecule has 30 heavy (non-hydrogen) atoms. The van der Waals surface area contributed by atoms with Gasteiger partial charge >= 0.3 is 0 Å². The van der Waals surface area contributed by atoms with Crippen LogP contribution < -0.4 is 10.1 Å². The van der Waals surface area contributed by atoms with E-state index in [9.17, 15) is 9.59 Å². The molecule has 0 spiro atoms. The van der Waals surface area contributed by atoms with Gasteiger partial charge in [-0.25, -0.2) is 0 Å². The SMILES string of the molecule is CCCNC(=O)[C@@H](CC)N(Cc1ccc(Cl)c(Cl)c1)C(=O)COc1ccccc1Cl. The normalized spacial score (nSPS) is 11.6. The van der Waals surface area contributed by atoms with Gasteiger partial charge in [0, 0.05) is 13.1 Å². The summed E-state index contributed by atoms with van der Waals surface area (Å²) < 4.78 is 5.61. The van der Waals surface area contributed by atoms with E-state index in [-0.39, 0.29) is 25.0 Å². The molecule has 0 heterocycles. The molecule has 2 rings (SSSR count). The summed E-state index contributed by atoms with van der Waals surface area (Å²) in [7, 11) is 0. The first-order valence-electron chi connectivity index (χ1n) is 9.75. The highest BCUT2D eigenvalue weighted by Crippen LogP contribution is 2.25. The highest BCUT2D eigenvalue weighted by molar-refractivity contribution is 6.42. The molecule has 0 radical (unpaired) electrons. The van der Waals surface area contributed by atoms with Crippen molar-refractivity contribution in [1.82, 2.24) is 10.2 Å². The van der Waals surface area contributed by atoms with Crippen LogP contribution in [0.15, 0.2) is 42.5 Å². The molecule has 1 atom stereocenters. The fourth-order valence-corrected chi connectivity index (χ4v) is 3.42. The van der Waals surface area contributed by atoms with Crippen LogP contribution in [0.4, 0.5) is 0 Å². The lowest BCUT2D eigenvalue weighted by Crippen LogP contribution is -2.50. The Kier molecular flexibility index (Phi) is 9.76. The molecule has 2 aromatic carbocycles. The van der Waals surface area contributed by atoms with Gasteiger partial charge in [-0.15, -0.1) is 0 Å². The molecule has 0 aliphatic carbocycles. The molecular formula is C22H25Cl3N2O3. The van der Waals surface area contributed by atoms with Gasteiger partial charge in [0.1, 0.15) is 11.8 Å². The summed E-state index contributed by atoms with van der Waals surface area (Å²) in [5.74, 6) is -0.129. The number of carbonyl (C=O) groups is 2. The van der Waals surface area contributed by atoms with E-state index in [0.717, 1.165) is 12.0 Å². The zero-order chi connectivity index (χ0) is 22.1. The van der Waals surface area contributed by atoms with Crippen LogP contribution in [0.3, 0.4) is 0 Å². The number of amides is 2. The second-order valence-electron chi connectivity index (χ2n) is 6.70. The summed E-state index contributed by atoms with van der Waals surface area (Å²) in [5.41, 5.74) is 0.761. The maximum atomic E-state index is 13.1. The molecule has 0 bridgehead atoms. The zero-order valence-electron chi connectivity index (χ0n) is 17.0. The molecule has 5 nitrogen and oxygen atoms in total. The predicted molar refractivity (Wildman–Crippen MR) is 121 cm³/mol. The summed E-state index contributed by atoms with van der Waals surface area (Å²) >= 11 is 18.2. The van der Waals surface area contributed by atoms with Gasteiger partial charge in [0.2, 0.25) is 5.91 Å².